The van der Waals surface area contributed by atoms with Gasteiger partial charge in [0.05, 0.1) is 0 Å². The van der Waals surface area contributed by atoms with Crippen LogP contribution in [0.3, 0.4) is 0 Å². The van der Waals surface area contributed by atoms with E-state index in [0.29, 0.717) is 0 Å². The SMILES string of the molecule is COC(C(=O)O)c1c(Cl)cccc1Cl.Cl. The normalized spacial score (nSPS) is 11.7. The fraction of sp³-hybridized carbons (Fsp3) is 0.222. The highest BCUT2D eigenvalue weighted by atomic mass is 35.5. The third-order valence-electron chi connectivity index (χ3n) is 1.72. The minimum atomic E-state index is -1.13. The third kappa shape index (κ3) is 3.24. The molecule has 0 bridgehead atoms. The standard InChI is InChI=1S/C9H8Cl2O3.ClH/c1-14-8(9(12)13)7-5(10)3-2-4-6(7)11;/h2-4,8H,1H3,(H,12,13);1H. The molecule has 0 aliphatic heterocycles. The van der Waals surface area contributed by atoms with Gasteiger partial charge in [-0.2, -0.15) is 0 Å². The molecule has 0 amide bonds. The number of benzene rings is 1. The average molecular weight is 272 g/mol. The van der Waals surface area contributed by atoms with Gasteiger partial charge in [-0.1, -0.05) is 29.3 Å². The first kappa shape index (κ1) is 14.5. The maximum absolute atomic E-state index is 10.8. The Labute approximate surface area is 103 Å². The second kappa shape index (κ2) is 6.18. The van der Waals surface area contributed by atoms with Crippen LogP contribution in [0.4, 0.5) is 0 Å². The van der Waals surface area contributed by atoms with E-state index in [-0.39, 0.29) is 28.0 Å². The molecule has 0 radical (unpaired) electrons. The van der Waals surface area contributed by atoms with Crippen molar-refractivity contribution in [3.05, 3.63) is 33.8 Å². The number of aliphatic carboxylic acids is 1. The highest BCUT2D eigenvalue weighted by molar-refractivity contribution is 6.36. The van der Waals surface area contributed by atoms with Crippen LogP contribution in [0, 0.1) is 0 Å². The van der Waals surface area contributed by atoms with Crippen molar-refractivity contribution in [2.45, 2.75) is 6.10 Å². The number of halogens is 3. The summed E-state index contributed by atoms with van der Waals surface area (Å²) in [5, 5.41) is 9.40. The predicted octanol–water partition coefficient (Wildman–Crippen LogP) is 3.19. The zero-order chi connectivity index (χ0) is 10.7. The van der Waals surface area contributed by atoms with Crippen molar-refractivity contribution in [3.8, 4) is 0 Å². The van der Waals surface area contributed by atoms with Crippen molar-refractivity contribution in [1.29, 1.82) is 0 Å². The van der Waals surface area contributed by atoms with Crippen molar-refractivity contribution in [2.75, 3.05) is 7.11 Å². The van der Waals surface area contributed by atoms with Gasteiger partial charge in [0.1, 0.15) is 0 Å². The molecule has 3 nitrogen and oxygen atoms in total. The lowest BCUT2D eigenvalue weighted by molar-refractivity contribution is -0.148. The first-order valence-corrected chi connectivity index (χ1v) is 4.53. The molecular weight excluding hydrogens is 262 g/mol. The molecule has 1 aromatic rings. The van der Waals surface area contributed by atoms with E-state index in [1.807, 2.05) is 0 Å². The molecule has 0 aliphatic rings. The molecule has 1 N–H and O–H groups in total. The highest BCUT2D eigenvalue weighted by Crippen LogP contribution is 2.31. The Morgan fingerprint density at radius 2 is 1.87 bits per heavy atom. The molecule has 84 valence electrons. The van der Waals surface area contributed by atoms with Crippen molar-refractivity contribution >= 4 is 41.6 Å². The van der Waals surface area contributed by atoms with E-state index < -0.39 is 12.1 Å². The molecule has 0 aliphatic carbocycles. The largest absolute Gasteiger partial charge is 0.479 e. The summed E-state index contributed by atoms with van der Waals surface area (Å²) < 4.78 is 4.79. The third-order valence-corrected chi connectivity index (χ3v) is 2.38. The number of rotatable bonds is 3. The summed E-state index contributed by atoms with van der Waals surface area (Å²) in [6.07, 6.45) is -1.13. The van der Waals surface area contributed by atoms with Gasteiger partial charge >= 0.3 is 5.97 Å². The van der Waals surface area contributed by atoms with Gasteiger partial charge in [0, 0.05) is 22.7 Å². The lowest BCUT2D eigenvalue weighted by Gasteiger charge is -2.13. The molecule has 0 saturated carbocycles. The molecule has 0 heterocycles. The smallest absolute Gasteiger partial charge is 0.337 e. The van der Waals surface area contributed by atoms with Gasteiger partial charge in [-0.15, -0.1) is 12.4 Å². The van der Waals surface area contributed by atoms with E-state index in [0.717, 1.165) is 0 Å². The topological polar surface area (TPSA) is 46.5 Å². The lowest BCUT2D eigenvalue weighted by atomic mass is 10.1. The summed E-state index contributed by atoms with van der Waals surface area (Å²) in [5.41, 5.74) is 0.283. The van der Waals surface area contributed by atoms with Crippen molar-refractivity contribution < 1.29 is 14.6 Å². The van der Waals surface area contributed by atoms with Gasteiger partial charge in [-0.3, -0.25) is 0 Å². The summed E-state index contributed by atoms with van der Waals surface area (Å²) in [6, 6.07) is 4.78. The summed E-state index contributed by atoms with van der Waals surface area (Å²) in [7, 11) is 1.29. The first-order chi connectivity index (χ1) is 6.57. The maximum Gasteiger partial charge on any atom is 0.337 e. The van der Waals surface area contributed by atoms with Crippen LogP contribution in [0.5, 0.6) is 0 Å². The van der Waals surface area contributed by atoms with Crippen molar-refractivity contribution in [3.63, 3.8) is 0 Å². The van der Waals surface area contributed by atoms with E-state index in [1.54, 1.807) is 18.2 Å². The monoisotopic (exact) mass is 270 g/mol. The lowest BCUT2D eigenvalue weighted by Crippen LogP contribution is -2.14. The summed E-state index contributed by atoms with van der Waals surface area (Å²) in [4.78, 5) is 10.8. The van der Waals surface area contributed by atoms with Crippen LogP contribution in [0.25, 0.3) is 0 Å². The second-order valence-electron chi connectivity index (χ2n) is 2.59. The molecule has 6 heteroatoms. The zero-order valence-electron chi connectivity index (χ0n) is 7.74. The van der Waals surface area contributed by atoms with E-state index in [1.165, 1.54) is 7.11 Å². The van der Waals surface area contributed by atoms with Crippen molar-refractivity contribution in [2.24, 2.45) is 0 Å². The Bertz CT molecular complexity index is 334. The van der Waals surface area contributed by atoms with E-state index in [4.69, 9.17) is 33.0 Å². The van der Waals surface area contributed by atoms with Gasteiger partial charge in [-0.05, 0) is 12.1 Å². The number of methoxy groups -OCH3 is 1. The van der Waals surface area contributed by atoms with Gasteiger partial charge in [-0.25, -0.2) is 4.79 Å². The molecule has 0 spiro atoms. The Kier molecular flexibility index (Phi) is 5.98. The molecular formula is C9H9Cl3O3. The number of carbonyl (C=O) groups is 1. The van der Waals surface area contributed by atoms with Crippen LogP contribution in [0.1, 0.15) is 11.7 Å². The van der Waals surface area contributed by atoms with Gasteiger partial charge in [0.15, 0.2) is 6.10 Å². The first-order valence-electron chi connectivity index (χ1n) is 3.77. The van der Waals surface area contributed by atoms with E-state index >= 15 is 0 Å². The molecule has 1 rings (SSSR count). The zero-order valence-corrected chi connectivity index (χ0v) is 10.1. The second-order valence-corrected chi connectivity index (χ2v) is 3.40. The van der Waals surface area contributed by atoms with Gasteiger partial charge in [0.25, 0.3) is 0 Å². The molecule has 1 aromatic carbocycles. The molecule has 0 fully saturated rings. The maximum atomic E-state index is 10.8. The number of carboxylic acids is 1. The van der Waals surface area contributed by atoms with Crippen LogP contribution < -0.4 is 0 Å². The predicted molar refractivity (Wildman–Crippen MR) is 61.1 cm³/mol. The summed E-state index contributed by atoms with van der Waals surface area (Å²) in [5.74, 6) is -1.12. The summed E-state index contributed by atoms with van der Waals surface area (Å²) >= 11 is 11.6. The van der Waals surface area contributed by atoms with Crippen LogP contribution in [0.2, 0.25) is 10.0 Å². The molecule has 1 unspecified atom stereocenters. The number of carboxylic acid groups (broad SMARTS) is 1. The Balaban J connectivity index is 0.00000196. The van der Waals surface area contributed by atoms with Crippen molar-refractivity contribution in [1.82, 2.24) is 0 Å². The number of hydrogen-bond donors (Lipinski definition) is 1. The van der Waals surface area contributed by atoms with E-state index in [9.17, 15) is 4.79 Å². The fourth-order valence-corrected chi connectivity index (χ4v) is 1.70. The Morgan fingerprint density at radius 3 is 2.20 bits per heavy atom. The number of ether oxygens (including phenoxy) is 1. The fourth-order valence-electron chi connectivity index (χ4n) is 1.10. The Morgan fingerprint density at radius 1 is 1.40 bits per heavy atom. The molecule has 1 atom stereocenters. The van der Waals surface area contributed by atoms with E-state index in [2.05, 4.69) is 0 Å². The van der Waals surface area contributed by atoms with Gasteiger partial charge in [0.2, 0.25) is 0 Å². The minimum absolute atomic E-state index is 0. The van der Waals surface area contributed by atoms with Crippen LogP contribution >= 0.6 is 35.6 Å². The summed E-state index contributed by atoms with van der Waals surface area (Å²) in [6.45, 7) is 0. The van der Waals surface area contributed by atoms with Crippen LogP contribution in [0.15, 0.2) is 18.2 Å². The minimum Gasteiger partial charge on any atom is -0.479 e. The quantitative estimate of drug-likeness (QED) is 0.918. The highest BCUT2D eigenvalue weighted by Gasteiger charge is 2.24. The molecule has 0 saturated heterocycles. The van der Waals surface area contributed by atoms with Gasteiger partial charge < -0.3 is 9.84 Å². The average Bonchev–Trinajstić information content (AvgIpc) is 2.10. The number of hydrogen-bond acceptors (Lipinski definition) is 2. The molecule has 0 aromatic heterocycles. The van der Waals surface area contributed by atoms with Crippen LogP contribution in [-0.2, 0) is 9.53 Å². The Hall–Kier alpha value is -0.480. The molecule has 15 heavy (non-hydrogen) atoms. The van der Waals surface area contributed by atoms with Crippen LogP contribution in [-0.4, -0.2) is 18.2 Å².